The van der Waals surface area contributed by atoms with Crippen molar-refractivity contribution in [2.45, 2.75) is 20.0 Å². The minimum atomic E-state index is 0.0672. The van der Waals surface area contributed by atoms with Gasteiger partial charge in [0.25, 0.3) is 0 Å². The molecule has 0 unspecified atom stereocenters. The van der Waals surface area contributed by atoms with Crippen molar-refractivity contribution in [2.75, 3.05) is 0 Å². The van der Waals surface area contributed by atoms with Crippen molar-refractivity contribution in [3.63, 3.8) is 0 Å². The van der Waals surface area contributed by atoms with E-state index in [0.717, 1.165) is 27.6 Å². The van der Waals surface area contributed by atoms with Crippen molar-refractivity contribution >= 4 is 21.4 Å². The van der Waals surface area contributed by atoms with Gasteiger partial charge in [-0.15, -0.1) is 11.3 Å². The number of benzene rings is 1. The van der Waals surface area contributed by atoms with Crippen molar-refractivity contribution in [3.05, 3.63) is 28.6 Å². The van der Waals surface area contributed by atoms with Gasteiger partial charge in [0.2, 0.25) is 0 Å². The van der Waals surface area contributed by atoms with Gasteiger partial charge in [-0.3, -0.25) is 0 Å². The van der Waals surface area contributed by atoms with Crippen molar-refractivity contribution in [2.24, 2.45) is 0 Å². The molecule has 0 spiro atoms. The zero-order valence-electron chi connectivity index (χ0n) is 7.95. The van der Waals surface area contributed by atoms with Crippen molar-refractivity contribution in [3.8, 4) is 5.75 Å². The minimum absolute atomic E-state index is 0.0672. The number of hydrogen-bond donors (Lipinski definition) is 2. The van der Waals surface area contributed by atoms with Crippen LogP contribution >= 0.6 is 11.3 Å². The van der Waals surface area contributed by atoms with E-state index in [9.17, 15) is 5.11 Å². The van der Waals surface area contributed by atoms with Gasteiger partial charge in [-0.05, 0) is 23.6 Å². The van der Waals surface area contributed by atoms with E-state index in [0.29, 0.717) is 5.75 Å². The lowest BCUT2D eigenvalue weighted by Gasteiger charge is -2.05. The number of aliphatic hydroxyl groups excluding tert-OH is 1. The fourth-order valence-corrected chi connectivity index (χ4v) is 2.79. The SMILES string of the molecule is CCc1c(CO)ccc2c(O)csc12. The molecule has 0 saturated carbocycles. The molecule has 0 radical (unpaired) electrons. The zero-order valence-corrected chi connectivity index (χ0v) is 8.77. The predicted octanol–water partition coefficient (Wildman–Crippen LogP) is 2.66. The number of aromatic hydroxyl groups is 1. The van der Waals surface area contributed by atoms with Gasteiger partial charge in [0, 0.05) is 15.5 Å². The maximum atomic E-state index is 9.54. The summed E-state index contributed by atoms with van der Waals surface area (Å²) in [5.74, 6) is 0.337. The maximum absolute atomic E-state index is 9.54. The Kier molecular flexibility index (Phi) is 2.44. The molecular weight excluding hydrogens is 196 g/mol. The summed E-state index contributed by atoms with van der Waals surface area (Å²) in [5, 5.41) is 21.3. The molecular formula is C11H12O2S. The highest BCUT2D eigenvalue weighted by molar-refractivity contribution is 7.17. The van der Waals surface area contributed by atoms with Gasteiger partial charge in [-0.25, -0.2) is 0 Å². The molecule has 0 saturated heterocycles. The molecule has 0 aliphatic rings. The molecule has 2 aromatic rings. The van der Waals surface area contributed by atoms with E-state index < -0.39 is 0 Å². The first kappa shape index (κ1) is 9.49. The lowest BCUT2D eigenvalue weighted by molar-refractivity contribution is 0.281. The summed E-state index contributed by atoms with van der Waals surface area (Å²) >= 11 is 1.53. The van der Waals surface area contributed by atoms with E-state index in [1.807, 2.05) is 12.1 Å². The first-order valence-electron chi connectivity index (χ1n) is 4.59. The molecule has 1 heterocycles. The predicted molar refractivity (Wildman–Crippen MR) is 58.8 cm³/mol. The van der Waals surface area contributed by atoms with Gasteiger partial charge in [0.05, 0.1) is 6.61 Å². The Morgan fingerprint density at radius 1 is 1.36 bits per heavy atom. The molecule has 1 aromatic heterocycles. The van der Waals surface area contributed by atoms with Gasteiger partial charge in [0.1, 0.15) is 5.75 Å². The van der Waals surface area contributed by atoms with Gasteiger partial charge < -0.3 is 10.2 Å². The molecule has 0 amide bonds. The zero-order chi connectivity index (χ0) is 10.1. The first-order chi connectivity index (χ1) is 6.77. The summed E-state index contributed by atoms with van der Waals surface area (Å²) < 4.78 is 1.09. The highest BCUT2D eigenvalue weighted by Gasteiger charge is 2.09. The first-order valence-corrected chi connectivity index (χ1v) is 5.47. The highest BCUT2D eigenvalue weighted by Crippen LogP contribution is 2.35. The van der Waals surface area contributed by atoms with E-state index in [1.54, 1.807) is 5.38 Å². The Morgan fingerprint density at radius 2 is 2.14 bits per heavy atom. The maximum Gasteiger partial charge on any atom is 0.134 e. The van der Waals surface area contributed by atoms with Crippen molar-refractivity contribution < 1.29 is 10.2 Å². The third kappa shape index (κ3) is 1.29. The smallest absolute Gasteiger partial charge is 0.134 e. The van der Waals surface area contributed by atoms with E-state index >= 15 is 0 Å². The molecule has 0 fully saturated rings. The van der Waals surface area contributed by atoms with E-state index in [-0.39, 0.29) is 6.61 Å². The summed E-state index contributed by atoms with van der Waals surface area (Å²) in [6.07, 6.45) is 0.882. The van der Waals surface area contributed by atoms with Crippen LogP contribution < -0.4 is 0 Å². The van der Waals surface area contributed by atoms with Crippen LogP contribution in [0.25, 0.3) is 10.1 Å². The van der Waals surface area contributed by atoms with Gasteiger partial charge in [0.15, 0.2) is 0 Å². The summed E-state index contributed by atoms with van der Waals surface area (Å²) in [4.78, 5) is 0. The molecule has 2 rings (SSSR count). The second-order valence-corrected chi connectivity index (χ2v) is 4.09. The Bertz CT molecular complexity index is 460. The van der Waals surface area contributed by atoms with E-state index in [4.69, 9.17) is 5.11 Å². The Balaban J connectivity index is 2.77. The average molecular weight is 208 g/mol. The standard InChI is InChI=1S/C11H12O2S/c1-2-8-7(5-12)3-4-9-10(13)6-14-11(8)9/h3-4,6,12-13H,2,5H2,1H3. The van der Waals surface area contributed by atoms with Crippen LogP contribution in [-0.4, -0.2) is 10.2 Å². The van der Waals surface area contributed by atoms with Crippen LogP contribution in [0.5, 0.6) is 5.75 Å². The number of aryl methyl sites for hydroxylation is 1. The summed E-state index contributed by atoms with van der Waals surface area (Å²) in [6.45, 7) is 2.13. The molecule has 0 bridgehead atoms. The lowest BCUT2D eigenvalue weighted by Crippen LogP contribution is -1.91. The number of aliphatic hydroxyl groups is 1. The number of thiophene rings is 1. The monoisotopic (exact) mass is 208 g/mol. The van der Waals surface area contributed by atoms with Crippen LogP contribution in [0.3, 0.4) is 0 Å². The van der Waals surface area contributed by atoms with Gasteiger partial charge >= 0.3 is 0 Å². The summed E-state index contributed by atoms with van der Waals surface area (Å²) in [7, 11) is 0. The van der Waals surface area contributed by atoms with E-state index in [1.165, 1.54) is 11.3 Å². The number of rotatable bonds is 2. The van der Waals surface area contributed by atoms with Crippen LogP contribution in [0, 0.1) is 0 Å². The van der Waals surface area contributed by atoms with Gasteiger partial charge in [-0.2, -0.15) is 0 Å². The quantitative estimate of drug-likeness (QED) is 0.796. The second-order valence-electron chi connectivity index (χ2n) is 3.21. The average Bonchev–Trinajstić information content (AvgIpc) is 2.59. The molecule has 3 heteroatoms. The number of fused-ring (bicyclic) bond motifs is 1. The highest BCUT2D eigenvalue weighted by atomic mass is 32.1. The molecule has 0 atom stereocenters. The Hall–Kier alpha value is -1.06. The van der Waals surface area contributed by atoms with Crippen molar-refractivity contribution in [1.82, 2.24) is 0 Å². The van der Waals surface area contributed by atoms with E-state index in [2.05, 4.69) is 6.92 Å². The number of hydrogen-bond acceptors (Lipinski definition) is 3. The molecule has 2 nitrogen and oxygen atoms in total. The van der Waals surface area contributed by atoms with Crippen LogP contribution in [0.4, 0.5) is 0 Å². The molecule has 0 aliphatic heterocycles. The second kappa shape index (κ2) is 3.59. The molecule has 2 N–H and O–H groups in total. The van der Waals surface area contributed by atoms with Crippen molar-refractivity contribution in [1.29, 1.82) is 0 Å². The normalized spacial score (nSPS) is 11.0. The molecule has 0 aliphatic carbocycles. The van der Waals surface area contributed by atoms with Crippen LogP contribution in [0.2, 0.25) is 0 Å². The fraction of sp³-hybridized carbons (Fsp3) is 0.273. The summed E-state index contributed by atoms with van der Waals surface area (Å²) in [6, 6.07) is 3.75. The Morgan fingerprint density at radius 3 is 2.79 bits per heavy atom. The summed E-state index contributed by atoms with van der Waals surface area (Å²) in [5.41, 5.74) is 2.11. The van der Waals surface area contributed by atoms with Crippen LogP contribution in [-0.2, 0) is 13.0 Å². The third-order valence-electron chi connectivity index (χ3n) is 2.45. The fourth-order valence-electron chi connectivity index (χ4n) is 1.72. The largest absolute Gasteiger partial charge is 0.506 e. The Labute approximate surface area is 86.4 Å². The lowest BCUT2D eigenvalue weighted by atomic mass is 10.0. The van der Waals surface area contributed by atoms with Crippen LogP contribution in [0.15, 0.2) is 17.5 Å². The minimum Gasteiger partial charge on any atom is -0.506 e. The topological polar surface area (TPSA) is 40.5 Å². The van der Waals surface area contributed by atoms with Gasteiger partial charge in [-0.1, -0.05) is 13.0 Å². The molecule has 14 heavy (non-hydrogen) atoms. The van der Waals surface area contributed by atoms with Crippen LogP contribution in [0.1, 0.15) is 18.1 Å². The third-order valence-corrected chi connectivity index (χ3v) is 3.49. The molecule has 1 aromatic carbocycles. The molecule has 74 valence electrons.